The number of ether oxygens (including phenoxy) is 1. The van der Waals surface area contributed by atoms with Crippen LogP contribution >= 0.6 is 11.3 Å². The van der Waals surface area contributed by atoms with Crippen LogP contribution in [0, 0.1) is 0 Å². The number of thiophene rings is 1. The van der Waals surface area contributed by atoms with Gasteiger partial charge in [0, 0.05) is 16.5 Å². The lowest BCUT2D eigenvalue weighted by Crippen LogP contribution is -2.00. The average Bonchev–Trinajstić information content (AvgIpc) is 2.93. The van der Waals surface area contributed by atoms with E-state index in [1.807, 2.05) is 41.1 Å². The van der Waals surface area contributed by atoms with Crippen molar-refractivity contribution in [2.75, 3.05) is 6.61 Å². The number of rotatable bonds is 6. The smallest absolute Gasteiger partial charge is 0.193 e. The third kappa shape index (κ3) is 3.20. The molecule has 0 unspecified atom stereocenters. The minimum atomic E-state index is 0.0661. The maximum atomic E-state index is 12.0. The van der Waals surface area contributed by atoms with Crippen LogP contribution in [0.4, 0.5) is 0 Å². The van der Waals surface area contributed by atoms with Crippen molar-refractivity contribution >= 4 is 17.1 Å². The summed E-state index contributed by atoms with van der Waals surface area (Å²) in [5.41, 5.74) is 1.45. The summed E-state index contributed by atoms with van der Waals surface area (Å²) in [5.74, 6) is 0.890. The van der Waals surface area contributed by atoms with E-state index in [2.05, 4.69) is 6.92 Å². The van der Waals surface area contributed by atoms with Crippen molar-refractivity contribution in [3.63, 3.8) is 0 Å². The van der Waals surface area contributed by atoms with Crippen LogP contribution in [-0.2, 0) is 0 Å². The minimum Gasteiger partial charge on any atom is -0.494 e. The summed E-state index contributed by atoms with van der Waals surface area (Å²) in [6.07, 6.45) is 2.17. The molecule has 1 aromatic carbocycles. The van der Waals surface area contributed by atoms with Gasteiger partial charge in [-0.25, -0.2) is 0 Å². The highest BCUT2D eigenvalue weighted by Crippen LogP contribution is 2.17. The number of ketones is 1. The van der Waals surface area contributed by atoms with E-state index in [0.29, 0.717) is 5.56 Å². The van der Waals surface area contributed by atoms with E-state index in [1.165, 1.54) is 11.3 Å². The summed E-state index contributed by atoms with van der Waals surface area (Å²) in [7, 11) is 0. The van der Waals surface area contributed by atoms with E-state index >= 15 is 0 Å². The van der Waals surface area contributed by atoms with Gasteiger partial charge >= 0.3 is 0 Å². The van der Waals surface area contributed by atoms with Crippen LogP contribution < -0.4 is 4.74 Å². The lowest BCUT2D eigenvalue weighted by molar-refractivity contribution is 0.103. The third-order valence-corrected chi connectivity index (χ3v) is 3.35. The number of carbonyl (C=O) groups excluding carboxylic acids is 1. The van der Waals surface area contributed by atoms with Crippen molar-refractivity contribution in [1.82, 2.24) is 0 Å². The number of hydrogen-bond acceptors (Lipinski definition) is 3. The highest BCUT2D eigenvalue weighted by molar-refractivity contribution is 7.08. The van der Waals surface area contributed by atoms with Gasteiger partial charge in [0.1, 0.15) is 5.75 Å². The summed E-state index contributed by atoms with van der Waals surface area (Å²) >= 11 is 1.53. The standard InChI is InChI=1S/C15H16O2S/c1-2-3-9-17-14-6-4-12(5-7-14)15(16)13-8-10-18-11-13/h4-8,10-11H,2-3,9H2,1H3. The van der Waals surface area contributed by atoms with Gasteiger partial charge in [0.15, 0.2) is 5.78 Å². The van der Waals surface area contributed by atoms with Gasteiger partial charge in [-0.15, -0.1) is 0 Å². The fourth-order valence-electron chi connectivity index (χ4n) is 1.60. The van der Waals surface area contributed by atoms with Gasteiger partial charge in [0.05, 0.1) is 6.61 Å². The number of benzene rings is 1. The molecule has 0 N–H and O–H groups in total. The maximum Gasteiger partial charge on any atom is 0.193 e. The molecule has 3 heteroatoms. The predicted molar refractivity (Wildman–Crippen MR) is 74.6 cm³/mol. The van der Waals surface area contributed by atoms with Crippen molar-refractivity contribution in [1.29, 1.82) is 0 Å². The van der Waals surface area contributed by atoms with Crippen molar-refractivity contribution in [2.24, 2.45) is 0 Å². The second kappa shape index (κ2) is 6.36. The molecule has 0 saturated carbocycles. The van der Waals surface area contributed by atoms with Crippen molar-refractivity contribution in [3.05, 3.63) is 52.2 Å². The normalized spacial score (nSPS) is 10.3. The zero-order valence-electron chi connectivity index (χ0n) is 10.4. The topological polar surface area (TPSA) is 26.3 Å². The molecule has 18 heavy (non-hydrogen) atoms. The molecule has 0 atom stereocenters. The van der Waals surface area contributed by atoms with Crippen molar-refractivity contribution < 1.29 is 9.53 Å². The number of hydrogen-bond donors (Lipinski definition) is 0. The molecule has 0 aliphatic heterocycles. The second-order valence-electron chi connectivity index (χ2n) is 4.07. The van der Waals surface area contributed by atoms with E-state index in [1.54, 1.807) is 0 Å². The van der Waals surface area contributed by atoms with Crippen LogP contribution in [0.5, 0.6) is 5.75 Å². The van der Waals surface area contributed by atoms with Crippen LogP contribution in [0.25, 0.3) is 0 Å². The Kier molecular flexibility index (Phi) is 4.53. The van der Waals surface area contributed by atoms with Gasteiger partial charge in [-0.05, 0) is 42.1 Å². The minimum absolute atomic E-state index is 0.0661. The molecule has 0 amide bonds. The molecule has 1 aromatic heterocycles. The Morgan fingerprint density at radius 3 is 2.56 bits per heavy atom. The van der Waals surface area contributed by atoms with Crippen molar-refractivity contribution in [3.8, 4) is 5.75 Å². The van der Waals surface area contributed by atoms with E-state index in [9.17, 15) is 4.79 Å². The fraction of sp³-hybridized carbons (Fsp3) is 0.267. The van der Waals surface area contributed by atoms with Crippen LogP contribution in [0.2, 0.25) is 0 Å². The molecule has 2 rings (SSSR count). The van der Waals surface area contributed by atoms with E-state index in [0.717, 1.165) is 30.8 Å². The van der Waals surface area contributed by atoms with Crippen LogP contribution in [0.15, 0.2) is 41.1 Å². The molecule has 0 radical (unpaired) electrons. The fourth-order valence-corrected chi connectivity index (χ4v) is 2.23. The molecule has 0 saturated heterocycles. The highest BCUT2D eigenvalue weighted by Gasteiger charge is 2.08. The van der Waals surface area contributed by atoms with Crippen LogP contribution in [0.1, 0.15) is 35.7 Å². The SMILES string of the molecule is CCCCOc1ccc(C(=O)c2ccsc2)cc1. The molecule has 2 aromatic rings. The Morgan fingerprint density at radius 1 is 1.17 bits per heavy atom. The quantitative estimate of drug-likeness (QED) is 0.576. The largest absolute Gasteiger partial charge is 0.494 e. The molecule has 0 fully saturated rings. The number of carbonyl (C=O) groups is 1. The van der Waals surface area contributed by atoms with Crippen molar-refractivity contribution in [2.45, 2.75) is 19.8 Å². The predicted octanol–water partition coefficient (Wildman–Crippen LogP) is 4.16. The second-order valence-corrected chi connectivity index (χ2v) is 4.85. The van der Waals surface area contributed by atoms with E-state index < -0.39 is 0 Å². The maximum absolute atomic E-state index is 12.0. The molecule has 0 spiro atoms. The summed E-state index contributed by atoms with van der Waals surface area (Å²) in [6, 6.07) is 9.20. The van der Waals surface area contributed by atoms with Gasteiger partial charge in [-0.1, -0.05) is 13.3 Å². The molecule has 2 nitrogen and oxygen atoms in total. The summed E-state index contributed by atoms with van der Waals surface area (Å²) < 4.78 is 5.56. The summed E-state index contributed by atoms with van der Waals surface area (Å²) in [4.78, 5) is 12.0. The van der Waals surface area contributed by atoms with Gasteiger partial charge < -0.3 is 4.74 Å². The first kappa shape index (κ1) is 12.8. The van der Waals surface area contributed by atoms with Gasteiger partial charge in [-0.3, -0.25) is 4.79 Å². The molecule has 0 aliphatic carbocycles. The zero-order valence-corrected chi connectivity index (χ0v) is 11.2. The Labute approximate surface area is 111 Å². The number of unbranched alkanes of at least 4 members (excludes halogenated alkanes) is 1. The Balaban J connectivity index is 2.01. The summed E-state index contributed by atoms with van der Waals surface area (Å²) in [5, 5.41) is 3.78. The van der Waals surface area contributed by atoms with Crippen LogP contribution in [0.3, 0.4) is 0 Å². The van der Waals surface area contributed by atoms with E-state index in [4.69, 9.17) is 4.74 Å². The third-order valence-electron chi connectivity index (χ3n) is 2.67. The lowest BCUT2D eigenvalue weighted by Gasteiger charge is -2.05. The first-order valence-electron chi connectivity index (χ1n) is 6.11. The monoisotopic (exact) mass is 260 g/mol. The van der Waals surface area contributed by atoms with Gasteiger partial charge in [0.25, 0.3) is 0 Å². The molecular weight excluding hydrogens is 244 g/mol. The van der Waals surface area contributed by atoms with Gasteiger partial charge in [-0.2, -0.15) is 11.3 Å². The zero-order chi connectivity index (χ0) is 12.8. The molecule has 0 aliphatic rings. The average molecular weight is 260 g/mol. The molecule has 1 heterocycles. The Morgan fingerprint density at radius 2 is 1.94 bits per heavy atom. The molecule has 0 bridgehead atoms. The van der Waals surface area contributed by atoms with Gasteiger partial charge in [0.2, 0.25) is 0 Å². The first-order valence-corrected chi connectivity index (χ1v) is 7.05. The highest BCUT2D eigenvalue weighted by atomic mass is 32.1. The lowest BCUT2D eigenvalue weighted by atomic mass is 10.1. The Hall–Kier alpha value is -1.61. The molecular formula is C15H16O2S. The van der Waals surface area contributed by atoms with Crippen LogP contribution in [-0.4, -0.2) is 12.4 Å². The Bertz CT molecular complexity index is 486. The summed E-state index contributed by atoms with van der Waals surface area (Å²) in [6.45, 7) is 2.86. The van der Waals surface area contributed by atoms with E-state index in [-0.39, 0.29) is 5.78 Å². The first-order chi connectivity index (χ1) is 8.81. The molecule has 94 valence electrons.